The molecule has 2 aromatic rings. The molecule has 0 saturated heterocycles. The van der Waals surface area contributed by atoms with Crippen LogP contribution in [-0.4, -0.2) is 15.1 Å². The van der Waals surface area contributed by atoms with Crippen molar-refractivity contribution in [1.29, 1.82) is 5.26 Å². The highest BCUT2D eigenvalue weighted by molar-refractivity contribution is 5.88. The molecule has 0 radical (unpaired) electrons. The number of benzene rings is 1. The summed E-state index contributed by atoms with van der Waals surface area (Å²) in [6.45, 7) is 0. The van der Waals surface area contributed by atoms with E-state index in [1.807, 2.05) is 0 Å². The van der Waals surface area contributed by atoms with E-state index in [4.69, 9.17) is 5.26 Å². The molecule has 6 heteroatoms. The fourth-order valence-electron chi connectivity index (χ4n) is 1.36. The Balaban J connectivity index is 2.72. The van der Waals surface area contributed by atoms with E-state index < -0.39 is 4.92 Å². The molecule has 0 unspecified atom stereocenters. The predicted molar refractivity (Wildman–Crippen MR) is 55.2 cm³/mol. The molecule has 2 rings (SSSR count). The number of nitrogens with one attached hydrogen (secondary N) is 1. The number of non-ortho nitro benzene ring substituents is 1. The Bertz CT molecular complexity index is 669. The van der Waals surface area contributed by atoms with Crippen molar-refractivity contribution in [2.45, 2.75) is 0 Å². The Morgan fingerprint density at radius 3 is 3.00 bits per heavy atom. The van der Waals surface area contributed by atoms with Crippen molar-refractivity contribution in [3.8, 4) is 17.9 Å². The van der Waals surface area contributed by atoms with Crippen LogP contribution in [0, 0.1) is 33.3 Å². The van der Waals surface area contributed by atoms with E-state index in [9.17, 15) is 10.1 Å². The van der Waals surface area contributed by atoms with Crippen molar-refractivity contribution in [2.75, 3.05) is 0 Å². The molecule has 76 valence electrons. The number of H-pyrrole nitrogens is 1. The maximum Gasteiger partial charge on any atom is 0.281 e. The molecule has 0 saturated carbocycles. The molecule has 16 heavy (non-hydrogen) atoms. The van der Waals surface area contributed by atoms with E-state index in [0.29, 0.717) is 16.5 Å². The minimum absolute atomic E-state index is 0.0755. The molecule has 0 spiro atoms. The monoisotopic (exact) mass is 212 g/mol. The number of hydrogen-bond acceptors (Lipinski definition) is 4. The number of hydrogen-bond donors (Lipinski definition) is 1. The second-order valence-electron chi connectivity index (χ2n) is 2.95. The van der Waals surface area contributed by atoms with Gasteiger partial charge in [-0.2, -0.15) is 10.4 Å². The van der Waals surface area contributed by atoms with Crippen molar-refractivity contribution in [1.82, 2.24) is 10.2 Å². The third kappa shape index (κ3) is 1.56. The molecule has 0 amide bonds. The van der Waals surface area contributed by atoms with Crippen LogP contribution in [0.5, 0.6) is 0 Å². The van der Waals surface area contributed by atoms with Crippen molar-refractivity contribution >= 4 is 16.6 Å². The summed E-state index contributed by atoms with van der Waals surface area (Å²) in [5, 5.41) is 25.9. The van der Waals surface area contributed by atoms with Gasteiger partial charge in [0.1, 0.15) is 0 Å². The van der Waals surface area contributed by atoms with Gasteiger partial charge >= 0.3 is 0 Å². The third-order valence-corrected chi connectivity index (χ3v) is 2.00. The average molecular weight is 212 g/mol. The molecule has 0 aliphatic rings. The minimum atomic E-state index is -0.505. The van der Waals surface area contributed by atoms with Crippen LogP contribution in [0.25, 0.3) is 10.9 Å². The van der Waals surface area contributed by atoms with Crippen LogP contribution in [0.3, 0.4) is 0 Å². The van der Waals surface area contributed by atoms with Gasteiger partial charge in [-0.15, -0.1) is 0 Å². The first kappa shape index (κ1) is 9.69. The summed E-state index contributed by atoms with van der Waals surface area (Å²) >= 11 is 0. The fourth-order valence-corrected chi connectivity index (χ4v) is 1.36. The Hall–Kier alpha value is -2.86. The summed E-state index contributed by atoms with van der Waals surface area (Å²) in [4.78, 5) is 10.3. The van der Waals surface area contributed by atoms with Gasteiger partial charge in [0.25, 0.3) is 5.69 Å². The van der Waals surface area contributed by atoms with E-state index in [-0.39, 0.29) is 5.69 Å². The highest BCUT2D eigenvalue weighted by Crippen LogP contribution is 2.25. The SMILES string of the molecule is N#CC#Cc1cc([N+](=O)[O-])c2cn[nH]c2c1. The van der Waals surface area contributed by atoms with Crippen molar-refractivity contribution in [2.24, 2.45) is 0 Å². The van der Waals surface area contributed by atoms with E-state index in [1.54, 1.807) is 12.1 Å². The molecular formula is C10H4N4O2. The molecule has 1 N–H and O–H groups in total. The highest BCUT2D eigenvalue weighted by Gasteiger charge is 2.14. The van der Waals surface area contributed by atoms with E-state index in [1.165, 1.54) is 12.3 Å². The summed E-state index contributed by atoms with van der Waals surface area (Å²) in [6.07, 6.45) is 1.38. The Morgan fingerprint density at radius 2 is 2.31 bits per heavy atom. The standard InChI is InChI=1S/C10H4N4O2/c11-3-1-2-7-4-9-8(6-12-13-9)10(5-7)14(15)16/h4-6H,(H,12,13). The lowest BCUT2D eigenvalue weighted by Gasteiger charge is -1.94. The lowest BCUT2D eigenvalue weighted by molar-refractivity contribution is -0.383. The zero-order valence-electron chi connectivity index (χ0n) is 7.89. The Kier molecular flexibility index (Phi) is 2.25. The molecule has 0 fully saturated rings. The maximum absolute atomic E-state index is 10.8. The maximum atomic E-state index is 10.8. The Labute approximate surface area is 89.6 Å². The largest absolute Gasteiger partial charge is 0.281 e. The van der Waals surface area contributed by atoms with Crippen LogP contribution in [0.2, 0.25) is 0 Å². The number of fused-ring (bicyclic) bond motifs is 1. The van der Waals surface area contributed by atoms with Gasteiger partial charge in [0.2, 0.25) is 0 Å². The van der Waals surface area contributed by atoms with Gasteiger partial charge in [0.05, 0.1) is 22.0 Å². The summed E-state index contributed by atoms with van der Waals surface area (Å²) in [6, 6.07) is 4.58. The summed E-state index contributed by atoms with van der Waals surface area (Å²) in [5.41, 5.74) is 0.856. The second kappa shape index (κ2) is 3.71. The predicted octanol–water partition coefficient (Wildman–Crippen LogP) is 1.35. The molecule has 0 aliphatic carbocycles. The van der Waals surface area contributed by atoms with E-state index in [0.717, 1.165) is 0 Å². The molecule has 1 aromatic heterocycles. The first-order valence-corrected chi connectivity index (χ1v) is 4.24. The number of nitro benzene ring substituents is 1. The topological polar surface area (TPSA) is 95.6 Å². The van der Waals surface area contributed by atoms with Crippen molar-refractivity contribution in [3.05, 3.63) is 34.0 Å². The number of nitriles is 1. The van der Waals surface area contributed by atoms with Crippen LogP contribution in [0.15, 0.2) is 18.3 Å². The number of aromatic nitrogens is 2. The first-order valence-electron chi connectivity index (χ1n) is 4.24. The van der Waals surface area contributed by atoms with Gasteiger partial charge in [0.15, 0.2) is 6.07 Å². The number of nitro groups is 1. The minimum Gasteiger partial charge on any atom is -0.278 e. The van der Waals surface area contributed by atoms with Gasteiger partial charge in [-0.25, -0.2) is 0 Å². The third-order valence-electron chi connectivity index (χ3n) is 2.00. The molecule has 0 aliphatic heterocycles. The van der Waals surface area contributed by atoms with Gasteiger partial charge in [-0.3, -0.25) is 15.2 Å². The van der Waals surface area contributed by atoms with Crippen LogP contribution in [-0.2, 0) is 0 Å². The molecule has 0 atom stereocenters. The summed E-state index contributed by atoms with van der Waals surface area (Å²) in [5.74, 6) is 4.69. The lowest BCUT2D eigenvalue weighted by Crippen LogP contribution is -1.89. The lowest BCUT2D eigenvalue weighted by atomic mass is 10.1. The van der Waals surface area contributed by atoms with Gasteiger partial charge in [-0.1, -0.05) is 5.92 Å². The molecule has 0 bridgehead atoms. The van der Waals surface area contributed by atoms with Crippen LogP contribution in [0.4, 0.5) is 5.69 Å². The normalized spacial score (nSPS) is 9.19. The summed E-state index contributed by atoms with van der Waals surface area (Å²) in [7, 11) is 0. The molecule has 6 nitrogen and oxygen atoms in total. The molecule has 1 heterocycles. The van der Waals surface area contributed by atoms with Gasteiger partial charge in [0, 0.05) is 17.6 Å². The zero-order valence-corrected chi connectivity index (χ0v) is 7.89. The highest BCUT2D eigenvalue weighted by atomic mass is 16.6. The quantitative estimate of drug-likeness (QED) is 0.438. The first-order chi connectivity index (χ1) is 7.72. The zero-order chi connectivity index (χ0) is 11.5. The van der Waals surface area contributed by atoms with E-state index >= 15 is 0 Å². The Morgan fingerprint density at radius 1 is 1.50 bits per heavy atom. The van der Waals surface area contributed by atoms with E-state index in [2.05, 4.69) is 22.0 Å². The average Bonchev–Trinajstić information content (AvgIpc) is 2.72. The molecular weight excluding hydrogens is 208 g/mol. The van der Waals surface area contributed by atoms with Crippen LogP contribution >= 0.6 is 0 Å². The van der Waals surface area contributed by atoms with Gasteiger partial charge < -0.3 is 0 Å². The van der Waals surface area contributed by atoms with Crippen molar-refractivity contribution < 1.29 is 4.92 Å². The number of aromatic amines is 1. The number of nitrogens with zero attached hydrogens (tertiary/aromatic N) is 3. The number of rotatable bonds is 1. The smallest absolute Gasteiger partial charge is 0.278 e. The second-order valence-corrected chi connectivity index (χ2v) is 2.95. The molecule has 1 aromatic carbocycles. The van der Waals surface area contributed by atoms with Crippen molar-refractivity contribution in [3.63, 3.8) is 0 Å². The van der Waals surface area contributed by atoms with Gasteiger partial charge in [-0.05, 0) is 6.07 Å². The van der Waals surface area contributed by atoms with Crippen LogP contribution in [0.1, 0.15) is 5.56 Å². The summed E-state index contributed by atoms with van der Waals surface area (Å²) < 4.78 is 0. The fraction of sp³-hybridized carbons (Fsp3) is 0. The van der Waals surface area contributed by atoms with Crippen LogP contribution < -0.4 is 0 Å².